The van der Waals surface area contributed by atoms with Crippen LogP contribution < -0.4 is 10.3 Å². The molecule has 0 unspecified atom stereocenters. The number of carbonyl (C=O) groups excluding carboxylic acids is 1. The molecule has 1 saturated heterocycles. The number of alkyl halides is 2. The molecule has 44 heavy (non-hydrogen) atoms. The van der Waals surface area contributed by atoms with Crippen molar-refractivity contribution < 1.29 is 13.6 Å². The number of anilines is 1. The Balaban J connectivity index is 1.29. The summed E-state index contributed by atoms with van der Waals surface area (Å²) in [5.41, 5.74) is 3.97. The second-order valence-corrected chi connectivity index (χ2v) is 13.6. The predicted octanol–water partition coefficient (Wildman–Crippen LogP) is 7.31. The Morgan fingerprint density at radius 3 is 2.45 bits per heavy atom. The Morgan fingerprint density at radius 2 is 1.75 bits per heavy atom. The number of aromatic amines is 1. The van der Waals surface area contributed by atoms with Crippen LogP contribution in [-0.2, 0) is 0 Å². The first kappa shape index (κ1) is 32.2. The normalized spacial score (nSPS) is 19.6. The van der Waals surface area contributed by atoms with Gasteiger partial charge in [0.25, 0.3) is 11.5 Å². The van der Waals surface area contributed by atoms with Gasteiger partial charge in [-0.3, -0.25) is 24.2 Å². The van der Waals surface area contributed by atoms with Gasteiger partial charge in [-0.15, -0.1) is 0 Å². The molecule has 2 aromatic carbocycles. The average molecular weight is 624 g/mol. The zero-order valence-electron chi connectivity index (χ0n) is 26.0. The fourth-order valence-corrected chi connectivity index (χ4v) is 7.27. The van der Waals surface area contributed by atoms with Crippen LogP contribution in [0.15, 0.2) is 58.2 Å². The van der Waals surface area contributed by atoms with Crippen molar-refractivity contribution in [3.63, 3.8) is 0 Å². The van der Waals surface area contributed by atoms with Crippen molar-refractivity contribution in [1.82, 2.24) is 19.8 Å². The van der Waals surface area contributed by atoms with Crippen molar-refractivity contribution in [2.75, 3.05) is 24.4 Å². The molecule has 236 valence electrons. The van der Waals surface area contributed by atoms with Crippen LogP contribution in [0.3, 0.4) is 0 Å². The molecule has 1 aliphatic heterocycles. The van der Waals surface area contributed by atoms with Gasteiger partial charge in [0.1, 0.15) is 0 Å². The maximum atomic E-state index is 14.0. The maximum Gasteiger partial charge on any atom is 0.254 e. The van der Waals surface area contributed by atoms with Gasteiger partial charge in [0.15, 0.2) is 0 Å². The second-order valence-electron chi connectivity index (χ2n) is 12.7. The third-order valence-corrected chi connectivity index (χ3v) is 9.64. The molecule has 10 heteroatoms. The molecule has 1 atom stereocenters. The number of nitrogens with zero attached hydrogens (tertiary/aromatic N) is 3. The molecule has 2 heterocycles. The lowest BCUT2D eigenvalue weighted by Gasteiger charge is -2.36. The molecule has 1 aromatic heterocycles. The standard InChI is InChI=1S/C34H43F2N5O2S/c1-22(2)19-27-13-16-40(26-11-14-34(35,36)15-12-26)17-18-41(27)32(43)25-9-6-10-28(20-25)44-39-33-37-29(21-30(42)38-33)31-23(3)7-5-8-24(31)4/h5-10,20-22,26-27H,11-19H2,1-4H3,(H2,37,38,39,42)/t27-/m0/s1. The minimum Gasteiger partial charge on any atom is -0.334 e. The lowest BCUT2D eigenvalue weighted by molar-refractivity contribution is -0.0533. The number of aromatic nitrogens is 2. The summed E-state index contributed by atoms with van der Waals surface area (Å²) in [6.07, 6.45) is 2.65. The van der Waals surface area contributed by atoms with Gasteiger partial charge in [0.05, 0.1) is 5.69 Å². The fraction of sp³-hybridized carbons (Fsp3) is 0.500. The van der Waals surface area contributed by atoms with E-state index in [1.807, 2.05) is 61.2 Å². The summed E-state index contributed by atoms with van der Waals surface area (Å²) in [6.45, 7) is 10.4. The number of hydrogen-bond donors (Lipinski definition) is 2. The van der Waals surface area contributed by atoms with Crippen LogP contribution in [0, 0.1) is 19.8 Å². The lowest BCUT2D eigenvalue weighted by Crippen LogP contribution is -2.44. The molecule has 1 saturated carbocycles. The highest BCUT2D eigenvalue weighted by Crippen LogP contribution is 2.36. The Labute approximate surface area is 263 Å². The summed E-state index contributed by atoms with van der Waals surface area (Å²) in [5, 5.41) is 0. The number of benzene rings is 2. The number of H-pyrrole nitrogens is 1. The molecule has 0 bridgehead atoms. The largest absolute Gasteiger partial charge is 0.334 e. The Hall–Kier alpha value is -3.24. The van der Waals surface area contributed by atoms with Crippen molar-refractivity contribution in [2.24, 2.45) is 5.92 Å². The predicted molar refractivity (Wildman–Crippen MR) is 173 cm³/mol. The van der Waals surface area contributed by atoms with Gasteiger partial charge in [0.2, 0.25) is 11.9 Å². The van der Waals surface area contributed by atoms with Gasteiger partial charge in [-0.2, -0.15) is 0 Å². The molecule has 7 nitrogen and oxygen atoms in total. The number of halogens is 2. The highest BCUT2D eigenvalue weighted by molar-refractivity contribution is 8.00. The monoisotopic (exact) mass is 623 g/mol. The molecule has 5 rings (SSSR count). The molecule has 1 aliphatic carbocycles. The summed E-state index contributed by atoms with van der Waals surface area (Å²) in [7, 11) is 0. The fourth-order valence-electron chi connectivity index (χ4n) is 6.63. The van der Waals surface area contributed by atoms with Crippen LogP contribution in [0.5, 0.6) is 0 Å². The van der Waals surface area contributed by atoms with Crippen LogP contribution >= 0.6 is 11.9 Å². The van der Waals surface area contributed by atoms with Gasteiger partial charge in [-0.25, -0.2) is 13.8 Å². The van der Waals surface area contributed by atoms with Gasteiger partial charge in [-0.1, -0.05) is 38.1 Å². The van der Waals surface area contributed by atoms with Crippen LogP contribution in [0.2, 0.25) is 0 Å². The van der Waals surface area contributed by atoms with Crippen molar-refractivity contribution in [1.29, 1.82) is 0 Å². The van der Waals surface area contributed by atoms with E-state index in [4.69, 9.17) is 0 Å². The topological polar surface area (TPSA) is 81.3 Å². The van der Waals surface area contributed by atoms with Crippen molar-refractivity contribution >= 4 is 23.8 Å². The second kappa shape index (κ2) is 13.8. The number of carbonyl (C=O) groups is 1. The zero-order valence-corrected chi connectivity index (χ0v) is 26.9. The summed E-state index contributed by atoms with van der Waals surface area (Å²) in [5.74, 6) is -1.80. The highest BCUT2D eigenvalue weighted by Gasteiger charge is 2.38. The number of rotatable bonds is 8. The number of hydrogen-bond acceptors (Lipinski definition) is 6. The SMILES string of the molecule is Cc1cccc(C)c1-c1cc(=O)[nH]c(NSc2cccc(C(=O)N3CCN(C4CCC(F)(F)CC4)CC[C@H]3CC(C)C)c2)n1. The molecular formula is C34H43F2N5O2S. The Kier molecular flexibility index (Phi) is 10.1. The summed E-state index contributed by atoms with van der Waals surface area (Å²) < 4.78 is 30.8. The molecule has 3 aromatic rings. The van der Waals surface area contributed by atoms with Gasteiger partial charge >= 0.3 is 0 Å². The molecular weight excluding hydrogens is 580 g/mol. The summed E-state index contributed by atoms with van der Waals surface area (Å²) in [6, 6.07) is 15.2. The van der Waals surface area contributed by atoms with E-state index in [0.717, 1.165) is 41.0 Å². The minimum absolute atomic E-state index is 0.0151. The third-order valence-electron chi connectivity index (χ3n) is 8.85. The third kappa shape index (κ3) is 7.88. The molecule has 2 N–H and O–H groups in total. The van der Waals surface area contributed by atoms with E-state index in [9.17, 15) is 18.4 Å². The molecule has 2 aliphatic rings. The minimum atomic E-state index is -2.55. The smallest absolute Gasteiger partial charge is 0.254 e. The van der Waals surface area contributed by atoms with E-state index in [-0.39, 0.29) is 36.4 Å². The van der Waals surface area contributed by atoms with Crippen molar-refractivity contribution in [3.05, 3.63) is 75.6 Å². The quantitative estimate of drug-likeness (QED) is 0.256. The average Bonchev–Trinajstić information content (AvgIpc) is 3.18. The van der Waals surface area contributed by atoms with Crippen LogP contribution in [0.4, 0.5) is 14.7 Å². The first-order valence-corrected chi connectivity index (χ1v) is 16.4. The van der Waals surface area contributed by atoms with Crippen LogP contribution in [-0.4, -0.2) is 63.3 Å². The Bertz CT molecular complexity index is 1500. The number of nitrogens with one attached hydrogen (secondary N) is 2. The first-order valence-electron chi connectivity index (χ1n) is 15.6. The Morgan fingerprint density at radius 1 is 1.05 bits per heavy atom. The van der Waals surface area contributed by atoms with E-state index in [1.165, 1.54) is 18.0 Å². The van der Waals surface area contributed by atoms with Crippen LogP contribution in [0.25, 0.3) is 11.3 Å². The van der Waals surface area contributed by atoms with Gasteiger partial charge in [-0.05, 0) is 86.7 Å². The maximum absolute atomic E-state index is 14.0. The molecule has 0 spiro atoms. The summed E-state index contributed by atoms with van der Waals surface area (Å²) >= 11 is 1.28. The van der Waals surface area contributed by atoms with E-state index in [0.29, 0.717) is 49.1 Å². The van der Waals surface area contributed by atoms with E-state index in [1.54, 1.807) is 0 Å². The van der Waals surface area contributed by atoms with Crippen molar-refractivity contribution in [3.8, 4) is 11.3 Å². The lowest BCUT2D eigenvalue weighted by atomic mass is 9.91. The summed E-state index contributed by atoms with van der Waals surface area (Å²) in [4.78, 5) is 39.0. The van der Waals surface area contributed by atoms with E-state index >= 15 is 0 Å². The molecule has 2 fully saturated rings. The molecule has 1 amide bonds. The van der Waals surface area contributed by atoms with Crippen molar-refractivity contribution in [2.45, 2.75) is 89.1 Å². The van der Waals surface area contributed by atoms with Gasteiger partial charge in [0, 0.05) is 66.6 Å². The number of amides is 1. The highest BCUT2D eigenvalue weighted by atomic mass is 32.2. The van der Waals surface area contributed by atoms with Crippen LogP contribution in [0.1, 0.15) is 73.9 Å². The number of aryl methyl sites for hydroxylation is 2. The first-order chi connectivity index (χ1) is 21.0. The van der Waals surface area contributed by atoms with E-state index < -0.39 is 5.92 Å². The van der Waals surface area contributed by atoms with E-state index in [2.05, 4.69) is 33.4 Å². The molecule has 0 radical (unpaired) electrons. The van der Waals surface area contributed by atoms with Gasteiger partial charge < -0.3 is 4.90 Å². The zero-order chi connectivity index (χ0) is 31.4.